The Hall–Kier alpha value is -2.27. The van der Waals surface area contributed by atoms with Crippen LogP contribution in [0.25, 0.3) is 0 Å². The highest BCUT2D eigenvalue weighted by atomic mass is 79.9. The summed E-state index contributed by atoms with van der Waals surface area (Å²) in [5, 5.41) is 5.82. The lowest BCUT2D eigenvalue weighted by Crippen LogP contribution is -2.27. The number of amides is 1. The molecule has 1 atom stereocenters. The van der Waals surface area contributed by atoms with Gasteiger partial charge in [-0.25, -0.2) is 0 Å². The molecule has 2 aromatic carbocycles. The molecule has 0 unspecified atom stereocenters. The molecule has 0 fully saturated rings. The van der Waals surface area contributed by atoms with Gasteiger partial charge in [-0.05, 0) is 49.7 Å². The maximum Gasteiger partial charge on any atom is 0.261 e. The molecule has 1 aliphatic rings. The smallest absolute Gasteiger partial charge is 0.261 e. The van der Waals surface area contributed by atoms with Gasteiger partial charge in [0.05, 0.1) is 17.1 Å². The summed E-state index contributed by atoms with van der Waals surface area (Å²) < 4.78 is 1.01. The van der Waals surface area contributed by atoms with Crippen molar-refractivity contribution in [3.63, 3.8) is 0 Å². The third-order valence-electron chi connectivity index (χ3n) is 3.70. The van der Waals surface area contributed by atoms with Crippen molar-refractivity contribution in [1.82, 2.24) is 0 Å². The van der Waals surface area contributed by atoms with Crippen LogP contribution in [-0.4, -0.2) is 17.8 Å². The third-order valence-corrected chi connectivity index (χ3v) is 4.20. The highest BCUT2D eigenvalue weighted by Gasteiger charge is 2.33. The average molecular weight is 370 g/mol. The Balaban J connectivity index is 1.83. The third kappa shape index (κ3) is 3.24. The van der Waals surface area contributed by atoms with Crippen molar-refractivity contribution in [3.05, 3.63) is 58.6 Å². The summed E-state index contributed by atoms with van der Waals surface area (Å²) in [5.74, 6) is -0.495. The van der Waals surface area contributed by atoms with E-state index in [2.05, 4.69) is 26.0 Å². The van der Waals surface area contributed by atoms with Crippen molar-refractivity contribution in [2.75, 3.05) is 5.01 Å². The van der Waals surface area contributed by atoms with E-state index in [1.165, 1.54) is 5.01 Å². The minimum atomic E-state index is -0.418. The summed E-state index contributed by atoms with van der Waals surface area (Å²) in [7, 11) is 0. The standard InChI is InChI=1S/C18H16BrN3O/c1-12-10-14(19)8-9-17(12)20-11-16-13(2)21-22(18(16)23)15-6-4-3-5-7-15/h3-11,16H,1-2H3/t16-/m1/s1. The highest BCUT2D eigenvalue weighted by Crippen LogP contribution is 2.25. The van der Waals surface area contributed by atoms with Crippen molar-refractivity contribution < 1.29 is 4.79 Å². The number of carbonyl (C=O) groups excluding carboxylic acids is 1. The molecule has 1 aliphatic heterocycles. The Kier molecular flexibility index (Phi) is 4.39. The Bertz CT molecular complexity index is 799. The first kappa shape index (κ1) is 15.6. The zero-order valence-electron chi connectivity index (χ0n) is 12.9. The Morgan fingerprint density at radius 3 is 2.61 bits per heavy atom. The minimum absolute atomic E-state index is 0.0767. The number of hydrogen-bond donors (Lipinski definition) is 0. The van der Waals surface area contributed by atoms with E-state index in [1.807, 2.05) is 62.4 Å². The number of hydrazone groups is 1. The van der Waals surface area contributed by atoms with Gasteiger partial charge in [-0.3, -0.25) is 9.79 Å². The van der Waals surface area contributed by atoms with E-state index in [9.17, 15) is 4.79 Å². The Morgan fingerprint density at radius 2 is 1.91 bits per heavy atom. The normalized spacial score (nSPS) is 17.9. The second-order valence-electron chi connectivity index (χ2n) is 5.41. The predicted octanol–water partition coefficient (Wildman–Crippen LogP) is 4.50. The van der Waals surface area contributed by atoms with E-state index in [0.29, 0.717) is 0 Å². The van der Waals surface area contributed by atoms with Crippen molar-refractivity contribution in [2.24, 2.45) is 16.0 Å². The number of carbonyl (C=O) groups is 1. The molecule has 0 radical (unpaired) electrons. The fourth-order valence-corrected chi connectivity index (χ4v) is 2.90. The summed E-state index contributed by atoms with van der Waals surface area (Å²) in [6, 6.07) is 15.3. The van der Waals surface area contributed by atoms with Crippen LogP contribution in [0.5, 0.6) is 0 Å². The van der Waals surface area contributed by atoms with Gasteiger partial charge >= 0.3 is 0 Å². The van der Waals surface area contributed by atoms with Gasteiger partial charge in [0, 0.05) is 10.7 Å². The van der Waals surface area contributed by atoms with Crippen LogP contribution in [0.1, 0.15) is 12.5 Å². The summed E-state index contributed by atoms with van der Waals surface area (Å²) in [5.41, 5.74) is 3.42. The van der Waals surface area contributed by atoms with E-state index in [0.717, 1.165) is 27.1 Å². The van der Waals surface area contributed by atoms with Crippen LogP contribution in [0, 0.1) is 12.8 Å². The zero-order chi connectivity index (χ0) is 16.4. The number of hydrogen-bond acceptors (Lipinski definition) is 3. The zero-order valence-corrected chi connectivity index (χ0v) is 14.5. The quantitative estimate of drug-likeness (QED) is 0.734. The Morgan fingerprint density at radius 1 is 1.17 bits per heavy atom. The summed E-state index contributed by atoms with van der Waals surface area (Å²) in [4.78, 5) is 17.1. The summed E-state index contributed by atoms with van der Waals surface area (Å²) in [6.45, 7) is 3.84. The maximum atomic E-state index is 12.6. The lowest BCUT2D eigenvalue weighted by molar-refractivity contribution is -0.118. The highest BCUT2D eigenvalue weighted by molar-refractivity contribution is 9.10. The van der Waals surface area contributed by atoms with Gasteiger partial charge in [0.15, 0.2) is 0 Å². The molecule has 0 N–H and O–H groups in total. The number of halogens is 1. The van der Waals surface area contributed by atoms with Crippen LogP contribution in [0.4, 0.5) is 11.4 Å². The molecule has 1 amide bonds. The van der Waals surface area contributed by atoms with Gasteiger partial charge in [0.2, 0.25) is 0 Å². The van der Waals surface area contributed by atoms with Crippen LogP contribution < -0.4 is 5.01 Å². The van der Waals surface area contributed by atoms with Crippen molar-refractivity contribution in [1.29, 1.82) is 0 Å². The molecule has 116 valence electrons. The van der Waals surface area contributed by atoms with Crippen LogP contribution >= 0.6 is 15.9 Å². The summed E-state index contributed by atoms with van der Waals surface area (Å²) >= 11 is 3.43. The van der Waals surface area contributed by atoms with Gasteiger partial charge in [-0.1, -0.05) is 34.1 Å². The number of para-hydroxylation sites is 1. The first-order valence-electron chi connectivity index (χ1n) is 7.31. The van der Waals surface area contributed by atoms with Crippen molar-refractivity contribution >= 4 is 45.1 Å². The average Bonchev–Trinajstić information content (AvgIpc) is 2.82. The molecular weight excluding hydrogens is 354 g/mol. The fourth-order valence-electron chi connectivity index (χ4n) is 2.42. The first-order chi connectivity index (χ1) is 11.1. The van der Waals surface area contributed by atoms with Gasteiger partial charge in [0.1, 0.15) is 5.92 Å². The number of anilines is 1. The van der Waals surface area contributed by atoms with Crippen LogP contribution in [0.2, 0.25) is 0 Å². The van der Waals surface area contributed by atoms with E-state index in [1.54, 1.807) is 6.21 Å². The molecule has 5 heteroatoms. The second kappa shape index (κ2) is 6.46. The lowest BCUT2D eigenvalue weighted by atomic mass is 10.1. The van der Waals surface area contributed by atoms with Crippen LogP contribution in [0.3, 0.4) is 0 Å². The molecule has 3 rings (SSSR count). The fraction of sp³-hybridized carbons (Fsp3) is 0.167. The monoisotopic (exact) mass is 369 g/mol. The molecule has 0 spiro atoms. The molecule has 0 aromatic heterocycles. The molecule has 4 nitrogen and oxygen atoms in total. The number of benzene rings is 2. The van der Waals surface area contributed by atoms with Crippen molar-refractivity contribution in [3.8, 4) is 0 Å². The van der Waals surface area contributed by atoms with E-state index >= 15 is 0 Å². The van der Waals surface area contributed by atoms with Gasteiger partial charge in [-0.2, -0.15) is 10.1 Å². The number of rotatable bonds is 3. The summed E-state index contributed by atoms with van der Waals surface area (Å²) in [6.07, 6.45) is 1.68. The van der Waals surface area contributed by atoms with E-state index in [-0.39, 0.29) is 5.91 Å². The topological polar surface area (TPSA) is 45.0 Å². The van der Waals surface area contributed by atoms with Gasteiger partial charge in [-0.15, -0.1) is 0 Å². The molecule has 0 saturated heterocycles. The minimum Gasteiger partial charge on any atom is -0.271 e. The van der Waals surface area contributed by atoms with E-state index in [4.69, 9.17) is 0 Å². The van der Waals surface area contributed by atoms with Crippen LogP contribution in [0.15, 0.2) is 63.1 Å². The number of nitrogens with zero attached hydrogens (tertiary/aromatic N) is 3. The van der Waals surface area contributed by atoms with E-state index < -0.39 is 5.92 Å². The number of aliphatic imine (C=N–C) groups is 1. The molecule has 2 aromatic rings. The molecule has 0 bridgehead atoms. The Labute approximate surface area is 143 Å². The van der Waals surface area contributed by atoms with Crippen molar-refractivity contribution in [2.45, 2.75) is 13.8 Å². The molecule has 0 aliphatic carbocycles. The largest absolute Gasteiger partial charge is 0.271 e. The SMILES string of the molecule is CC1=NN(c2ccccc2)C(=O)[C@@H]1C=Nc1ccc(Br)cc1C. The molecule has 23 heavy (non-hydrogen) atoms. The molecular formula is C18H16BrN3O. The van der Waals surface area contributed by atoms with Gasteiger partial charge < -0.3 is 0 Å². The lowest BCUT2D eigenvalue weighted by Gasteiger charge is -2.12. The second-order valence-corrected chi connectivity index (χ2v) is 6.33. The molecule has 1 heterocycles. The van der Waals surface area contributed by atoms with Crippen LogP contribution in [-0.2, 0) is 4.79 Å². The first-order valence-corrected chi connectivity index (χ1v) is 8.10. The maximum absolute atomic E-state index is 12.6. The molecule has 0 saturated carbocycles. The van der Waals surface area contributed by atoms with Gasteiger partial charge in [0.25, 0.3) is 5.91 Å². The predicted molar refractivity (Wildman–Crippen MR) is 97.6 cm³/mol. The number of aryl methyl sites for hydroxylation is 1.